The monoisotopic (exact) mass is 278 g/mol. The Labute approximate surface area is 119 Å². The fourth-order valence-corrected chi connectivity index (χ4v) is 2.48. The molecule has 0 radical (unpaired) electrons. The molecule has 1 saturated heterocycles. The van der Waals surface area contributed by atoms with Gasteiger partial charge in [0.2, 0.25) is 5.91 Å². The van der Waals surface area contributed by atoms with Crippen LogP contribution in [0.3, 0.4) is 0 Å². The first-order valence-corrected chi connectivity index (χ1v) is 6.91. The number of carbonyl (C=O) groups excluding carboxylic acids is 1. The summed E-state index contributed by atoms with van der Waals surface area (Å²) in [6, 6.07) is 5.44. The molecule has 1 amide bonds. The van der Waals surface area contributed by atoms with E-state index in [1.165, 1.54) is 0 Å². The molecule has 5 heteroatoms. The van der Waals surface area contributed by atoms with Crippen molar-refractivity contribution in [1.29, 1.82) is 0 Å². The van der Waals surface area contributed by atoms with Gasteiger partial charge in [0.15, 0.2) is 0 Å². The van der Waals surface area contributed by atoms with E-state index in [9.17, 15) is 4.79 Å². The van der Waals surface area contributed by atoms with E-state index in [0.717, 1.165) is 36.4 Å². The van der Waals surface area contributed by atoms with Crippen LogP contribution in [0.25, 0.3) is 0 Å². The third-order valence-electron chi connectivity index (χ3n) is 3.64. The van der Waals surface area contributed by atoms with E-state index in [2.05, 4.69) is 10.6 Å². The highest BCUT2D eigenvalue weighted by Gasteiger charge is 2.24. The summed E-state index contributed by atoms with van der Waals surface area (Å²) in [5.41, 5.74) is 0.944. The first-order chi connectivity index (χ1) is 9.65. The molecule has 1 aromatic carbocycles. The number of methoxy groups -OCH3 is 2. The summed E-state index contributed by atoms with van der Waals surface area (Å²) in [6.07, 6.45) is 1.95. The topological polar surface area (TPSA) is 59.6 Å². The molecule has 2 N–H and O–H groups in total. The molecule has 0 saturated carbocycles. The van der Waals surface area contributed by atoms with Crippen molar-refractivity contribution in [2.75, 3.05) is 20.8 Å². The number of ether oxygens (including phenoxy) is 2. The SMILES string of the molecule is COc1ccc(C(C)NC(=O)[C@H]2CCCN2)c(OC)c1. The van der Waals surface area contributed by atoms with Gasteiger partial charge < -0.3 is 20.1 Å². The maximum absolute atomic E-state index is 12.1. The van der Waals surface area contributed by atoms with Crippen molar-refractivity contribution in [2.45, 2.75) is 31.8 Å². The molecule has 110 valence electrons. The van der Waals surface area contributed by atoms with Gasteiger partial charge in [-0.05, 0) is 38.4 Å². The second-order valence-electron chi connectivity index (χ2n) is 4.99. The Kier molecular flexibility index (Phi) is 4.84. The van der Waals surface area contributed by atoms with Crippen molar-refractivity contribution < 1.29 is 14.3 Å². The number of benzene rings is 1. The quantitative estimate of drug-likeness (QED) is 0.859. The Hall–Kier alpha value is -1.75. The Balaban J connectivity index is 2.07. The van der Waals surface area contributed by atoms with Crippen LogP contribution >= 0.6 is 0 Å². The van der Waals surface area contributed by atoms with E-state index in [1.807, 2.05) is 25.1 Å². The molecule has 1 aliphatic heterocycles. The van der Waals surface area contributed by atoms with Gasteiger partial charge >= 0.3 is 0 Å². The van der Waals surface area contributed by atoms with Gasteiger partial charge in [-0.3, -0.25) is 4.79 Å². The van der Waals surface area contributed by atoms with Crippen LogP contribution in [-0.4, -0.2) is 32.7 Å². The van der Waals surface area contributed by atoms with Crippen LogP contribution in [0, 0.1) is 0 Å². The number of amides is 1. The predicted molar refractivity (Wildman–Crippen MR) is 77.1 cm³/mol. The molecule has 1 heterocycles. The van der Waals surface area contributed by atoms with E-state index in [4.69, 9.17) is 9.47 Å². The van der Waals surface area contributed by atoms with Crippen molar-refractivity contribution in [3.8, 4) is 11.5 Å². The van der Waals surface area contributed by atoms with Crippen molar-refractivity contribution in [1.82, 2.24) is 10.6 Å². The molecular formula is C15H22N2O3. The standard InChI is InChI=1S/C15H22N2O3/c1-10(17-15(18)13-5-4-8-16-13)12-7-6-11(19-2)9-14(12)20-3/h6-7,9-10,13,16H,4-5,8H2,1-3H3,(H,17,18)/t10?,13-/m1/s1. The zero-order chi connectivity index (χ0) is 14.5. The largest absolute Gasteiger partial charge is 0.497 e. The molecule has 1 fully saturated rings. The molecule has 0 bridgehead atoms. The van der Waals surface area contributed by atoms with E-state index >= 15 is 0 Å². The molecule has 5 nitrogen and oxygen atoms in total. The highest BCUT2D eigenvalue weighted by molar-refractivity contribution is 5.82. The van der Waals surface area contributed by atoms with E-state index in [0.29, 0.717) is 0 Å². The number of carbonyl (C=O) groups is 1. The molecule has 1 unspecified atom stereocenters. The summed E-state index contributed by atoms with van der Waals surface area (Å²) >= 11 is 0. The average molecular weight is 278 g/mol. The van der Waals surface area contributed by atoms with Gasteiger partial charge in [0, 0.05) is 11.6 Å². The normalized spacial score (nSPS) is 19.4. The minimum atomic E-state index is -0.106. The van der Waals surface area contributed by atoms with E-state index in [1.54, 1.807) is 14.2 Å². The molecule has 1 aliphatic rings. The van der Waals surface area contributed by atoms with Gasteiger partial charge in [-0.15, -0.1) is 0 Å². The van der Waals surface area contributed by atoms with Crippen molar-refractivity contribution in [3.63, 3.8) is 0 Å². The second-order valence-corrected chi connectivity index (χ2v) is 4.99. The van der Waals surface area contributed by atoms with Crippen molar-refractivity contribution >= 4 is 5.91 Å². The fourth-order valence-electron chi connectivity index (χ4n) is 2.48. The smallest absolute Gasteiger partial charge is 0.237 e. The first-order valence-electron chi connectivity index (χ1n) is 6.91. The Morgan fingerprint density at radius 2 is 2.20 bits per heavy atom. The lowest BCUT2D eigenvalue weighted by molar-refractivity contribution is -0.123. The molecule has 20 heavy (non-hydrogen) atoms. The summed E-state index contributed by atoms with van der Waals surface area (Å²) in [6.45, 7) is 2.87. The van der Waals surface area contributed by atoms with Gasteiger partial charge in [0.1, 0.15) is 11.5 Å². The number of hydrogen-bond donors (Lipinski definition) is 2. The minimum absolute atomic E-state index is 0.0490. The molecule has 0 aliphatic carbocycles. The zero-order valence-electron chi connectivity index (χ0n) is 12.2. The van der Waals surface area contributed by atoms with Crippen molar-refractivity contribution in [2.24, 2.45) is 0 Å². The fraction of sp³-hybridized carbons (Fsp3) is 0.533. The molecule has 0 aromatic heterocycles. The zero-order valence-corrected chi connectivity index (χ0v) is 12.2. The third kappa shape index (κ3) is 3.22. The lowest BCUT2D eigenvalue weighted by Crippen LogP contribution is -2.41. The van der Waals surface area contributed by atoms with Crippen LogP contribution in [0.5, 0.6) is 11.5 Å². The summed E-state index contributed by atoms with van der Waals surface area (Å²) in [7, 11) is 3.23. The van der Waals surface area contributed by atoms with Gasteiger partial charge in [0.05, 0.1) is 26.3 Å². The summed E-state index contributed by atoms with van der Waals surface area (Å²) in [4.78, 5) is 12.1. The average Bonchev–Trinajstić information content (AvgIpc) is 3.00. The Morgan fingerprint density at radius 3 is 2.80 bits per heavy atom. The highest BCUT2D eigenvalue weighted by Crippen LogP contribution is 2.29. The Bertz CT molecular complexity index is 470. The van der Waals surface area contributed by atoms with Crippen LogP contribution in [0.15, 0.2) is 18.2 Å². The lowest BCUT2D eigenvalue weighted by atomic mass is 10.1. The predicted octanol–water partition coefficient (Wildman–Crippen LogP) is 1.63. The molecular weight excluding hydrogens is 256 g/mol. The molecule has 2 atom stereocenters. The minimum Gasteiger partial charge on any atom is -0.497 e. The van der Waals surface area contributed by atoms with Gasteiger partial charge in [-0.1, -0.05) is 0 Å². The maximum atomic E-state index is 12.1. The van der Waals surface area contributed by atoms with Crippen LogP contribution in [-0.2, 0) is 4.79 Å². The lowest BCUT2D eigenvalue weighted by Gasteiger charge is -2.20. The highest BCUT2D eigenvalue weighted by atomic mass is 16.5. The number of rotatable bonds is 5. The molecule has 2 rings (SSSR count). The van der Waals surface area contributed by atoms with E-state index in [-0.39, 0.29) is 18.0 Å². The first kappa shape index (κ1) is 14.7. The summed E-state index contributed by atoms with van der Waals surface area (Å²) in [5.74, 6) is 1.51. The number of nitrogens with one attached hydrogen (secondary N) is 2. The maximum Gasteiger partial charge on any atom is 0.237 e. The molecule has 1 aromatic rings. The van der Waals surface area contributed by atoms with E-state index < -0.39 is 0 Å². The third-order valence-corrected chi connectivity index (χ3v) is 3.64. The van der Waals surface area contributed by atoms with Gasteiger partial charge in [0.25, 0.3) is 0 Å². The Morgan fingerprint density at radius 1 is 1.40 bits per heavy atom. The van der Waals surface area contributed by atoms with Crippen LogP contribution in [0.2, 0.25) is 0 Å². The number of hydrogen-bond acceptors (Lipinski definition) is 4. The van der Waals surface area contributed by atoms with Gasteiger partial charge in [-0.2, -0.15) is 0 Å². The van der Waals surface area contributed by atoms with Crippen molar-refractivity contribution in [3.05, 3.63) is 23.8 Å². The van der Waals surface area contributed by atoms with Crippen LogP contribution in [0.1, 0.15) is 31.4 Å². The molecule has 0 spiro atoms. The van der Waals surface area contributed by atoms with Crippen LogP contribution in [0.4, 0.5) is 0 Å². The summed E-state index contributed by atoms with van der Waals surface area (Å²) < 4.78 is 10.5. The van der Waals surface area contributed by atoms with Crippen LogP contribution < -0.4 is 20.1 Å². The van der Waals surface area contributed by atoms with Gasteiger partial charge in [-0.25, -0.2) is 0 Å². The summed E-state index contributed by atoms with van der Waals surface area (Å²) in [5, 5.41) is 6.22. The second kappa shape index (κ2) is 6.61.